The van der Waals surface area contributed by atoms with Gasteiger partial charge in [-0.05, 0) is 13.8 Å². The Morgan fingerprint density at radius 2 is 1.83 bits per heavy atom. The van der Waals surface area contributed by atoms with Gasteiger partial charge in [0.1, 0.15) is 11.7 Å². The molecule has 0 saturated heterocycles. The molecule has 0 heterocycles. The first-order valence-corrected chi connectivity index (χ1v) is 5.16. The topological polar surface area (TPSA) is 158 Å². The number of hydrogen-bond acceptors (Lipinski definition) is 5. The average Bonchev–Trinajstić information content (AvgIpc) is 2.27. The van der Waals surface area contributed by atoms with E-state index in [0.29, 0.717) is 12.2 Å². The fraction of sp³-hybridized carbons (Fsp3) is 0.300. The first kappa shape index (κ1) is 15.5. The Morgan fingerprint density at radius 1 is 1.28 bits per heavy atom. The summed E-state index contributed by atoms with van der Waals surface area (Å²) in [6, 6.07) is 0. The van der Waals surface area contributed by atoms with Gasteiger partial charge in [-0.2, -0.15) is 0 Å². The van der Waals surface area contributed by atoms with Crippen LogP contribution in [0.2, 0.25) is 0 Å². The van der Waals surface area contributed by atoms with Crippen LogP contribution in [0.4, 0.5) is 0 Å². The molecule has 0 aromatic heterocycles. The third kappa shape index (κ3) is 5.01. The summed E-state index contributed by atoms with van der Waals surface area (Å²) in [5.74, 6) is -0.737. The van der Waals surface area contributed by atoms with Crippen LogP contribution in [0.25, 0.3) is 0 Å². The van der Waals surface area contributed by atoms with Crippen molar-refractivity contribution >= 4 is 17.7 Å². The van der Waals surface area contributed by atoms with Gasteiger partial charge in [0.05, 0.1) is 5.57 Å². The van der Waals surface area contributed by atoms with Crippen molar-refractivity contribution in [3.8, 4) is 0 Å². The number of carbonyl (C=O) groups excluding carboxylic acids is 1. The first-order valence-electron chi connectivity index (χ1n) is 5.16. The van der Waals surface area contributed by atoms with Crippen LogP contribution in [-0.4, -0.2) is 24.2 Å². The van der Waals surface area contributed by atoms with E-state index in [9.17, 15) is 4.79 Å². The van der Waals surface area contributed by atoms with Crippen LogP contribution in [0.15, 0.2) is 33.7 Å². The van der Waals surface area contributed by atoms with Crippen molar-refractivity contribution in [3.63, 3.8) is 0 Å². The van der Waals surface area contributed by atoms with Crippen molar-refractivity contribution in [2.24, 2.45) is 32.9 Å². The van der Waals surface area contributed by atoms with Gasteiger partial charge >= 0.3 is 0 Å². The molecule has 0 aliphatic rings. The summed E-state index contributed by atoms with van der Waals surface area (Å²) >= 11 is 0. The number of aliphatic imine (C=N–C) groups is 2. The number of nitrogens with two attached hydrogens (primary N) is 4. The summed E-state index contributed by atoms with van der Waals surface area (Å²) in [7, 11) is 0. The van der Waals surface area contributed by atoms with Crippen LogP contribution in [0, 0.1) is 0 Å². The van der Waals surface area contributed by atoms with E-state index in [1.165, 1.54) is 0 Å². The molecule has 0 rings (SSSR count). The zero-order valence-electron chi connectivity index (χ0n) is 10.5. The molecule has 0 atom stereocenters. The second kappa shape index (κ2) is 6.94. The molecule has 0 aromatic carbocycles. The SMILES string of the molecule is C=C(C(=O)NC(N)=NCC)C(N)=N/C(N)=C(/C)N. The Labute approximate surface area is 106 Å². The van der Waals surface area contributed by atoms with E-state index >= 15 is 0 Å². The zero-order valence-corrected chi connectivity index (χ0v) is 10.5. The van der Waals surface area contributed by atoms with Crippen LogP contribution >= 0.6 is 0 Å². The van der Waals surface area contributed by atoms with Gasteiger partial charge in [0.25, 0.3) is 5.91 Å². The lowest BCUT2D eigenvalue weighted by atomic mass is 10.2. The number of amidine groups is 1. The summed E-state index contributed by atoms with van der Waals surface area (Å²) < 4.78 is 0. The monoisotopic (exact) mass is 253 g/mol. The lowest BCUT2D eigenvalue weighted by Crippen LogP contribution is -2.40. The maximum absolute atomic E-state index is 11.6. The van der Waals surface area contributed by atoms with E-state index in [-0.39, 0.29) is 23.2 Å². The van der Waals surface area contributed by atoms with Crippen molar-refractivity contribution in [2.45, 2.75) is 13.8 Å². The van der Waals surface area contributed by atoms with Crippen molar-refractivity contribution in [2.75, 3.05) is 6.54 Å². The molecule has 18 heavy (non-hydrogen) atoms. The maximum Gasteiger partial charge on any atom is 0.261 e. The Kier molecular flexibility index (Phi) is 5.97. The Bertz CT molecular complexity index is 430. The van der Waals surface area contributed by atoms with Crippen LogP contribution < -0.4 is 28.3 Å². The van der Waals surface area contributed by atoms with Gasteiger partial charge < -0.3 is 22.9 Å². The predicted octanol–water partition coefficient (Wildman–Crippen LogP) is -1.54. The smallest absolute Gasteiger partial charge is 0.261 e. The van der Waals surface area contributed by atoms with Gasteiger partial charge in [-0.25, -0.2) is 4.99 Å². The molecule has 0 aliphatic carbocycles. The van der Waals surface area contributed by atoms with E-state index in [1.807, 2.05) is 0 Å². The number of allylic oxidation sites excluding steroid dienone is 1. The standard InChI is InChI=1S/C10H19N7O/c1-4-15-10(14)17-9(18)5(2)7(12)16-8(13)6(3)11/h2,4,11,13H2,1,3H3,(H2,12,16)(H3,14,15,17,18)/b8-6-. The normalized spacial score (nSPS) is 13.9. The van der Waals surface area contributed by atoms with Gasteiger partial charge in [0.15, 0.2) is 5.96 Å². The van der Waals surface area contributed by atoms with Crippen LogP contribution in [0.5, 0.6) is 0 Å². The van der Waals surface area contributed by atoms with Crippen LogP contribution in [0.1, 0.15) is 13.8 Å². The van der Waals surface area contributed by atoms with E-state index < -0.39 is 5.91 Å². The van der Waals surface area contributed by atoms with Gasteiger partial charge in [-0.1, -0.05) is 6.58 Å². The second-order valence-electron chi connectivity index (χ2n) is 3.36. The van der Waals surface area contributed by atoms with Crippen molar-refractivity contribution in [3.05, 3.63) is 23.7 Å². The fourth-order valence-electron chi connectivity index (χ4n) is 0.803. The molecule has 0 aliphatic heterocycles. The molecule has 100 valence electrons. The molecule has 0 unspecified atom stereocenters. The largest absolute Gasteiger partial charge is 0.399 e. The molecule has 0 bridgehead atoms. The van der Waals surface area contributed by atoms with E-state index in [0.717, 1.165) is 0 Å². The van der Waals surface area contributed by atoms with Crippen LogP contribution in [-0.2, 0) is 4.79 Å². The molecule has 8 nitrogen and oxygen atoms in total. The fourth-order valence-corrected chi connectivity index (χ4v) is 0.803. The number of amides is 1. The summed E-state index contributed by atoms with van der Waals surface area (Å²) in [4.78, 5) is 19.1. The molecule has 0 radical (unpaired) electrons. The molecule has 9 N–H and O–H groups in total. The highest BCUT2D eigenvalue weighted by atomic mass is 16.1. The Morgan fingerprint density at radius 3 is 2.28 bits per heavy atom. The van der Waals surface area contributed by atoms with E-state index in [2.05, 4.69) is 21.9 Å². The molecule has 0 aromatic rings. The molecule has 1 amide bonds. The highest BCUT2D eigenvalue weighted by Gasteiger charge is 2.12. The van der Waals surface area contributed by atoms with Crippen LogP contribution in [0.3, 0.4) is 0 Å². The number of hydrogen-bond donors (Lipinski definition) is 5. The third-order valence-electron chi connectivity index (χ3n) is 1.80. The number of nitrogens with one attached hydrogen (secondary N) is 1. The second-order valence-corrected chi connectivity index (χ2v) is 3.36. The Balaban J connectivity index is 4.82. The molecule has 0 saturated carbocycles. The third-order valence-corrected chi connectivity index (χ3v) is 1.80. The highest BCUT2D eigenvalue weighted by Crippen LogP contribution is 1.97. The van der Waals surface area contributed by atoms with E-state index in [4.69, 9.17) is 22.9 Å². The maximum atomic E-state index is 11.6. The van der Waals surface area contributed by atoms with Crippen molar-refractivity contribution < 1.29 is 4.79 Å². The van der Waals surface area contributed by atoms with E-state index in [1.54, 1.807) is 13.8 Å². The number of guanidine groups is 1. The number of carbonyl (C=O) groups is 1. The number of rotatable bonds is 4. The van der Waals surface area contributed by atoms with Crippen molar-refractivity contribution in [1.29, 1.82) is 0 Å². The lowest BCUT2D eigenvalue weighted by Gasteiger charge is -2.07. The zero-order chi connectivity index (χ0) is 14.3. The summed E-state index contributed by atoms with van der Waals surface area (Å²) in [6.45, 7) is 7.26. The minimum atomic E-state index is -0.603. The summed E-state index contributed by atoms with van der Waals surface area (Å²) in [5, 5.41) is 2.30. The predicted molar refractivity (Wildman–Crippen MR) is 72.1 cm³/mol. The molecule has 8 heteroatoms. The van der Waals surface area contributed by atoms with Gasteiger partial charge in [0, 0.05) is 12.2 Å². The lowest BCUT2D eigenvalue weighted by molar-refractivity contribution is -0.115. The molecular formula is C10H19N7O. The quantitative estimate of drug-likeness (QED) is 0.233. The molecular weight excluding hydrogens is 234 g/mol. The minimum absolute atomic E-state index is 0.0185. The molecule has 0 fully saturated rings. The van der Waals surface area contributed by atoms with Gasteiger partial charge in [-0.15, -0.1) is 0 Å². The van der Waals surface area contributed by atoms with Gasteiger partial charge in [-0.3, -0.25) is 15.1 Å². The Hall–Kier alpha value is -2.51. The van der Waals surface area contributed by atoms with Gasteiger partial charge in [0.2, 0.25) is 0 Å². The first-order chi connectivity index (χ1) is 8.29. The molecule has 0 spiro atoms. The van der Waals surface area contributed by atoms with Crippen molar-refractivity contribution in [1.82, 2.24) is 5.32 Å². The highest BCUT2D eigenvalue weighted by molar-refractivity contribution is 6.22. The summed E-state index contributed by atoms with van der Waals surface area (Å²) in [5.41, 5.74) is 22.0. The number of nitrogens with zero attached hydrogens (tertiary/aromatic N) is 2. The summed E-state index contributed by atoms with van der Waals surface area (Å²) in [6.07, 6.45) is 0. The minimum Gasteiger partial charge on any atom is -0.399 e. The average molecular weight is 253 g/mol.